The van der Waals surface area contributed by atoms with E-state index in [0.717, 1.165) is 4.47 Å². The Morgan fingerprint density at radius 3 is 2.70 bits per heavy atom. The second-order valence-corrected chi connectivity index (χ2v) is 5.99. The van der Waals surface area contributed by atoms with Crippen molar-refractivity contribution < 1.29 is 18.4 Å². The van der Waals surface area contributed by atoms with E-state index in [2.05, 4.69) is 21.2 Å². The molecule has 1 aliphatic rings. The van der Waals surface area contributed by atoms with Crippen molar-refractivity contribution in [1.82, 2.24) is 5.32 Å². The van der Waals surface area contributed by atoms with Crippen LogP contribution in [0.15, 0.2) is 28.7 Å². The Hall–Kier alpha value is -1.25. The van der Waals surface area contributed by atoms with Gasteiger partial charge in [-0.15, -0.1) is 12.4 Å². The highest BCUT2D eigenvalue weighted by Crippen LogP contribution is 2.31. The highest BCUT2D eigenvalue weighted by atomic mass is 79.9. The average molecular weight is 413 g/mol. The first-order valence-corrected chi connectivity index (χ1v) is 7.54. The first kappa shape index (κ1) is 19.8. The van der Waals surface area contributed by atoms with Crippen LogP contribution in [-0.2, 0) is 9.59 Å². The van der Waals surface area contributed by atoms with Gasteiger partial charge in [-0.1, -0.05) is 12.1 Å². The first-order chi connectivity index (χ1) is 10.3. The Bertz CT molecular complexity index is 589. The number of para-hydroxylation sites is 1. The zero-order valence-corrected chi connectivity index (χ0v) is 14.5. The van der Waals surface area contributed by atoms with Crippen molar-refractivity contribution in [1.29, 1.82) is 0 Å². The zero-order chi connectivity index (χ0) is 16.3. The SMILES string of the molecule is Cl.NCC(F)(F)CNC(=O)C1CC(=O)N(c2ccccc2Br)C1. The van der Waals surface area contributed by atoms with Crippen LogP contribution in [0.4, 0.5) is 14.5 Å². The molecule has 1 saturated heterocycles. The smallest absolute Gasteiger partial charge is 0.277 e. The number of amides is 2. The number of nitrogens with two attached hydrogens (primary N) is 1. The number of nitrogens with zero attached hydrogens (tertiary/aromatic N) is 1. The molecule has 0 radical (unpaired) electrons. The van der Waals surface area contributed by atoms with Crippen molar-refractivity contribution in [3.05, 3.63) is 28.7 Å². The molecule has 1 aliphatic heterocycles. The van der Waals surface area contributed by atoms with Crippen molar-refractivity contribution in [2.75, 3.05) is 24.5 Å². The lowest BCUT2D eigenvalue weighted by atomic mass is 10.1. The number of hydrogen-bond acceptors (Lipinski definition) is 3. The first-order valence-electron chi connectivity index (χ1n) is 6.74. The molecule has 0 aromatic heterocycles. The van der Waals surface area contributed by atoms with E-state index in [-0.39, 0.29) is 31.3 Å². The Kier molecular flexibility index (Phi) is 6.91. The van der Waals surface area contributed by atoms with Gasteiger partial charge in [-0.2, -0.15) is 0 Å². The van der Waals surface area contributed by atoms with Gasteiger partial charge in [-0.25, -0.2) is 8.78 Å². The molecule has 2 rings (SSSR count). The van der Waals surface area contributed by atoms with Crippen LogP contribution >= 0.6 is 28.3 Å². The fourth-order valence-corrected chi connectivity index (χ4v) is 2.72. The van der Waals surface area contributed by atoms with Crippen molar-refractivity contribution in [3.8, 4) is 0 Å². The summed E-state index contributed by atoms with van der Waals surface area (Å²) >= 11 is 3.35. The summed E-state index contributed by atoms with van der Waals surface area (Å²) in [6.45, 7) is -1.48. The van der Waals surface area contributed by atoms with Gasteiger partial charge in [0.1, 0.15) is 0 Å². The Labute approximate surface area is 147 Å². The quantitative estimate of drug-likeness (QED) is 0.776. The molecule has 1 aromatic rings. The second-order valence-electron chi connectivity index (χ2n) is 5.13. The van der Waals surface area contributed by atoms with Gasteiger partial charge in [0.2, 0.25) is 11.8 Å². The number of carbonyl (C=O) groups is 2. The topological polar surface area (TPSA) is 75.4 Å². The molecule has 0 saturated carbocycles. The number of hydrogen-bond donors (Lipinski definition) is 2. The monoisotopic (exact) mass is 411 g/mol. The lowest BCUT2D eigenvalue weighted by molar-refractivity contribution is -0.127. The van der Waals surface area contributed by atoms with Crippen LogP contribution in [-0.4, -0.2) is 37.4 Å². The molecule has 3 N–H and O–H groups in total. The van der Waals surface area contributed by atoms with Crippen molar-refractivity contribution in [2.45, 2.75) is 12.3 Å². The number of carbonyl (C=O) groups excluding carboxylic acids is 2. The fraction of sp³-hybridized carbons (Fsp3) is 0.429. The van der Waals surface area contributed by atoms with E-state index in [1.54, 1.807) is 18.2 Å². The van der Waals surface area contributed by atoms with E-state index in [1.807, 2.05) is 6.07 Å². The molecule has 0 bridgehead atoms. The van der Waals surface area contributed by atoms with Crippen LogP contribution in [0.1, 0.15) is 6.42 Å². The number of rotatable bonds is 5. The minimum absolute atomic E-state index is 0. The maximum Gasteiger partial charge on any atom is 0.277 e. The number of nitrogens with one attached hydrogen (secondary N) is 1. The van der Waals surface area contributed by atoms with Gasteiger partial charge >= 0.3 is 0 Å². The van der Waals surface area contributed by atoms with Crippen LogP contribution in [0.2, 0.25) is 0 Å². The minimum atomic E-state index is -3.14. The van der Waals surface area contributed by atoms with E-state index < -0.39 is 30.8 Å². The summed E-state index contributed by atoms with van der Waals surface area (Å²) in [6, 6.07) is 7.14. The highest BCUT2D eigenvalue weighted by molar-refractivity contribution is 9.10. The summed E-state index contributed by atoms with van der Waals surface area (Å²) in [6.07, 6.45) is 0.00135. The zero-order valence-electron chi connectivity index (χ0n) is 12.1. The van der Waals surface area contributed by atoms with Crippen LogP contribution in [0, 0.1) is 5.92 Å². The summed E-state index contributed by atoms with van der Waals surface area (Å²) in [4.78, 5) is 25.5. The molecule has 9 heteroatoms. The van der Waals surface area contributed by atoms with Gasteiger partial charge in [0, 0.05) is 17.4 Å². The third kappa shape index (κ3) is 4.86. The van der Waals surface area contributed by atoms with E-state index in [4.69, 9.17) is 5.73 Å². The fourth-order valence-electron chi connectivity index (χ4n) is 2.22. The minimum Gasteiger partial charge on any atom is -0.350 e. The second kappa shape index (κ2) is 8.03. The van der Waals surface area contributed by atoms with Crippen molar-refractivity contribution >= 4 is 45.8 Å². The van der Waals surface area contributed by atoms with E-state index >= 15 is 0 Å². The normalized spacial score (nSPS) is 17.8. The number of halogens is 4. The van der Waals surface area contributed by atoms with Crippen LogP contribution in [0.25, 0.3) is 0 Å². The third-order valence-corrected chi connectivity index (χ3v) is 4.13. The summed E-state index contributed by atoms with van der Waals surface area (Å²) in [7, 11) is 0. The number of alkyl halides is 2. The molecule has 2 amide bonds. The molecule has 1 aromatic carbocycles. The van der Waals surface area contributed by atoms with Gasteiger partial charge in [0.05, 0.1) is 24.7 Å². The summed E-state index contributed by atoms with van der Waals surface area (Å²) in [5.41, 5.74) is 5.58. The molecule has 1 heterocycles. The molecular formula is C14H17BrClF2N3O2. The predicted molar refractivity (Wildman–Crippen MR) is 88.9 cm³/mol. The van der Waals surface area contributed by atoms with Gasteiger partial charge < -0.3 is 16.0 Å². The third-order valence-electron chi connectivity index (χ3n) is 3.46. The van der Waals surface area contributed by atoms with E-state index in [9.17, 15) is 18.4 Å². The van der Waals surface area contributed by atoms with Crippen LogP contribution < -0.4 is 16.0 Å². The average Bonchev–Trinajstić information content (AvgIpc) is 2.87. The largest absolute Gasteiger partial charge is 0.350 e. The van der Waals surface area contributed by atoms with Gasteiger partial charge in [-0.05, 0) is 28.1 Å². The maximum atomic E-state index is 13.0. The van der Waals surface area contributed by atoms with E-state index in [1.165, 1.54) is 4.90 Å². The Morgan fingerprint density at radius 2 is 2.09 bits per heavy atom. The Balaban J connectivity index is 0.00000264. The predicted octanol–water partition coefficient (Wildman–Crippen LogP) is 1.93. The van der Waals surface area contributed by atoms with Crippen LogP contribution in [0.3, 0.4) is 0 Å². The molecule has 23 heavy (non-hydrogen) atoms. The molecule has 1 fully saturated rings. The summed E-state index contributed by atoms with van der Waals surface area (Å²) < 4.78 is 26.8. The highest BCUT2D eigenvalue weighted by Gasteiger charge is 2.37. The van der Waals surface area contributed by atoms with Gasteiger partial charge in [0.15, 0.2) is 0 Å². The lowest BCUT2D eigenvalue weighted by Crippen LogP contribution is -2.44. The summed E-state index contributed by atoms with van der Waals surface area (Å²) in [5, 5.41) is 2.16. The number of anilines is 1. The number of benzene rings is 1. The standard InChI is InChI=1S/C14H16BrF2N3O2.ClH/c15-10-3-1-2-4-11(10)20-6-9(5-12(20)21)13(22)19-8-14(16,17)7-18;/h1-4,9H,5-8,18H2,(H,19,22);1H. The van der Waals surface area contributed by atoms with Crippen LogP contribution in [0.5, 0.6) is 0 Å². The summed E-state index contributed by atoms with van der Waals surface area (Å²) in [5.74, 6) is -4.55. The Morgan fingerprint density at radius 1 is 1.43 bits per heavy atom. The maximum absolute atomic E-state index is 13.0. The van der Waals surface area contributed by atoms with Crippen molar-refractivity contribution in [2.24, 2.45) is 11.7 Å². The molecule has 1 unspecified atom stereocenters. The van der Waals surface area contributed by atoms with Gasteiger partial charge in [-0.3, -0.25) is 9.59 Å². The lowest BCUT2D eigenvalue weighted by Gasteiger charge is -2.19. The van der Waals surface area contributed by atoms with E-state index in [0.29, 0.717) is 5.69 Å². The molecule has 0 spiro atoms. The van der Waals surface area contributed by atoms with Gasteiger partial charge in [0.25, 0.3) is 5.92 Å². The van der Waals surface area contributed by atoms with Crippen molar-refractivity contribution in [3.63, 3.8) is 0 Å². The molecular weight excluding hydrogens is 396 g/mol. The molecule has 5 nitrogen and oxygen atoms in total. The molecule has 0 aliphatic carbocycles. The molecule has 128 valence electrons. The molecule has 1 atom stereocenters.